The van der Waals surface area contributed by atoms with E-state index in [0.29, 0.717) is 17.1 Å². The van der Waals surface area contributed by atoms with Gasteiger partial charge in [-0.25, -0.2) is 4.79 Å². The topological polar surface area (TPSA) is 101 Å². The van der Waals surface area contributed by atoms with Crippen molar-refractivity contribution in [2.75, 3.05) is 14.2 Å². The molecule has 0 saturated heterocycles. The zero-order valence-corrected chi connectivity index (χ0v) is 11.9. The van der Waals surface area contributed by atoms with Gasteiger partial charge in [0.25, 0.3) is 0 Å². The third kappa shape index (κ3) is 3.35. The summed E-state index contributed by atoms with van der Waals surface area (Å²) in [5.41, 5.74) is 0.594. The molecule has 0 amide bonds. The van der Waals surface area contributed by atoms with Crippen LogP contribution in [0, 0.1) is 10.1 Å². The summed E-state index contributed by atoms with van der Waals surface area (Å²) in [7, 11) is 3.00. The van der Waals surface area contributed by atoms with Crippen molar-refractivity contribution in [3.05, 3.63) is 51.8 Å². The molecule has 0 radical (unpaired) electrons. The lowest BCUT2D eigenvalue weighted by Crippen LogP contribution is -2.05. The van der Waals surface area contributed by atoms with E-state index >= 15 is 0 Å². The molecular weight excluding hydrogens is 294 g/mol. The first-order chi connectivity index (χ1) is 10.5. The summed E-state index contributed by atoms with van der Waals surface area (Å²) in [6.07, 6.45) is 0. The molecule has 0 fully saturated rings. The Bertz CT molecular complexity index is 692. The van der Waals surface area contributed by atoms with Crippen molar-refractivity contribution in [1.29, 1.82) is 0 Å². The Morgan fingerprint density at radius 3 is 2.59 bits per heavy atom. The second-order valence-corrected chi connectivity index (χ2v) is 4.15. The molecule has 0 N–H and O–H groups in total. The van der Waals surface area contributed by atoms with Crippen LogP contribution >= 0.6 is 0 Å². The van der Waals surface area contributed by atoms with Gasteiger partial charge in [-0.05, 0) is 24.3 Å². The molecule has 0 bridgehead atoms. The van der Waals surface area contributed by atoms with Crippen molar-refractivity contribution in [3.63, 3.8) is 0 Å². The first-order valence-corrected chi connectivity index (χ1v) is 6.17. The standard InChI is InChI=1S/C14H13NO7/c1-19-10-3-4-11(20-2)9(7-10)8-21-14(16)12-5-6-13(22-12)15(17)18/h3-7H,8H2,1-2H3. The molecule has 1 aromatic carbocycles. The van der Waals surface area contributed by atoms with Crippen molar-refractivity contribution < 1.29 is 28.3 Å². The van der Waals surface area contributed by atoms with Crippen molar-refractivity contribution in [3.8, 4) is 11.5 Å². The van der Waals surface area contributed by atoms with Crippen molar-refractivity contribution >= 4 is 11.9 Å². The summed E-state index contributed by atoms with van der Waals surface area (Å²) in [6.45, 7) is -0.0896. The maximum Gasteiger partial charge on any atom is 0.433 e. The molecular formula is C14H13NO7. The number of esters is 1. The van der Waals surface area contributed by atoms with Crippen molar-refractivity contribution in [2.24, 2.45) is 0 Å². The molecule has 2 rings (SSSR count). The summed E-state index contributed by atoms with van der Waals surface area (Å²) >= 11 is 0. The summed E-state index contributed by atoms with van der Waals surface area (Å²) < 4.78 is 20.1. The number of ether oxygens (including phenoxy) is 3. The van der Waals surface area contributed by atoms with Crippen LogP contribution in [0.3, 0.4) is 0 Å². The van der Waals surface area contributed by atoms with E-state index in [2.05, 4.69) is 0 Å². The predicted molar refractivity (Wildman–Crippen MR) is 74.0 cm³/mol. The quantitative estimate of drug-likeness (QED) is 0.459. The number of hydrogen-bond donors (Lipinski definition) is 0. The van der Waals surface area contributed by atoms with Gasteiger partial charge in [-0.2, -0.15) is 0 Å². The van der Waals surface area contributed by atoms with E-state index in [-0.39, 0.29) is 12.4 Å². The number of rotatable bonds is 6. The molecule has 22 heavy (non-hydrogen) atoms. The third-order valence-electron chi connectivity index (χ3n) is 2.82. The molecule has 116 valence electrons. The maximum absolute atomic E-state index is 11.8. The third-order valence-corrected chi connectivity index (χ3v) is 2.82. The Balaban J connectivity index is 2.08. The van der Waals surface area contributed by atoms with Crippen molar-refractivity contribution in [1.82, 2.24) is 0 Å². The number of methoxy groups -OCH3 is 2. The van der Waals surface area contributed by atoms with E-state index in [1.807, 2.05) is 0 Å². The fourth-order valence-corrected chi connectivity index (χ4v) is 1.74. The largest absolute Gasteiger partial charge is 0.497 e. The molecule has 0 saturated carbocycles. The molecule has 8 nitrogen and oxygen atoms in total. The van der Waals surface area contributed by atoms with E-state index < -0.39 is 16.8 Å². The molecule has 0 atom stereocenters. The number of hydrogen-bond acceptors (Lipinski definition) is 7. The highest BCUT2D eigenvalue weighted by atomic mass is 16.7. The molecule has 0 aliphatic carbocycles. The second kappa shape index (κ2) is 6.61. The van der Waals surface area contributed by atoms with E-state index in [1.54, 1.807) is 18.2 Å². The Labute approximate surface area is 125 Å². The van der Waals surface area contributed by atoms with Crippen LogP contribution in [0.2, 0.25) is 0 Å². The fraction of sp³-hybridized carbons (Fsp3) is 0.214. The zero-order chi connectivity index (χ0) is 16.1. The molecule has 1 heterocycles. The monoisotopic (exact) mass is 307 g/mol. The highest BCUT2D eigenvalue weighted by Gasteiger charge is 2.19. The first kappa shape index (κ1) is 15.4. The van der Waals surface area contributed by atoms with Crippen LogP contribution in [-0.2, 0) is 11.3 Å². The van der Waals surface area contributed by atoms with Crippen LogP contribution in [0.4, 0.5) is 5.88 Å². The van der Waals surface area contributed by atoms with E-state index in [9.17, 15) is 14.9 Å². The van der Waals surface area contributed by atoms with Gasteiger partial charge in [0.2, 0.25) is 5.76 Å². The maximum atomic E-state index is 11.8. The van der Waals surface area contributed by atoms with Crippen LogP contribution in [-0.4, -0.2) is 25.1 Å². The number of furan rings is 1. The molecule has 0 aliphatic heterocycles. The smallest absolute Gasteiger partial charge is 0.433 e. The van der Waals surface area contributed by atoms with Gasteiger partial charge in [-0.1, -0.05) is 0 Å². The van der Waals surface area contributed by atoms with Gasteiger partial charge in [0.15, 0.2) is 0 Å². The lowest BCUT2D eigenvalue weighted by atomic mass is 10.2. The lowest BCUT2D eigenvalue weighted by Gasteiger charge is -2.10. The number of nitrogens with zero attached hydrogens (tertiary/aromatic N) is 1. The summed E-state index contributed by atoms with van der Waals surface area (Å²) in [6, 6.07) is 7.32. The van der Waals surface area contributed by atoms with Crippen LogP contribution in [0.15, 0.2) is 34.7 Å². The van der Waals surface area contributed by atoms with Gasteiger partial charge in [-0.3, -0.25) is 10.1 Å². The minimum Gasteiger partial charge on any atom is -0.497 e. The number of carbonyl (C=O) groups is 1. The highest BCUT2D eigenvalue weighted by molar-refractivity contribution is 5.86. The summed E-state index contributed by atoms with van der Waals surface area (Å²) in [5, 5.41) is 10.5. The van der Waals surface area contributed by atoms with Gasteiger partial charge in [0.1, 0.15) is 23.0 Å². The van der Waals surface area contributed by atoms with Crippen LogP contribution < -0.4 is 9.47 Å². The molecule has 0 aliphatic rings. The van der Waals surface area contributed by atoms with Gasteiger partial charge < -0.3 is 18.6 Å². The Morgan fingerprint density at radius 1 is 1.23 bits per heavy atom. The van der Waals surface area contributed by atoms with Gasteiger partial charge in [-0.15, -0.1) is 0 Å². The van der Waals surface area contributed by atoms with E-state index in [4.69, 9.17) is 18.6 Å². The van der Waals surface area contributed by atoms with E-state index in [0.717, 1.165) is 6.07 Å². The second-order valence-electron chi connectivity index (χ2n) is 4.15. The number of carbonyl (C=O) groups excluding carboxylic acids is 1. The fourth-order valence-electron chi connectivity index (χ4n) is 1.74. The summed E-state index contributed by atoms with van der Waals surface area (Å²) in [5.74, 6) is -0.461. The number of nitro groups is 1. The highest BCUT2D eigenvalue weighted by Crippen LogP contribution is 2.25. The van der Waals surface area contributed by atoms with Crippen LogP contribution in [0.1, 0.15) is 16.1 Å². The van der Waals surface area contributed by atoms with Gasteiger partial charge in [0, 0.05) is 5.56 Å². The SMILES string of the molecule is COc1ccc(OC)c(COC(=O)c2ccc([N+](=O)[O-])o2)c1. The molecule has 0 unspecified atom stereocenters. The molecule has 0 spiro atoms. The average Bonchev–Trinajstić information content (AvgIpc) is 3.02. The van der Waals surface area contributed by atoms with Crippen LogP contribution in [0.5, 0.6) is 11.5 Å². The minimum absolute atomic E-state index is 0.0896. The lowest BCUT2D eigenvalue weighted by molar-refractivity contribution is -0.402. The Morgan fingerprint density at radius 2 is 2.00 bits per heavy atom. The Kier molecular flexibility index (Phi) is 4.62. The molecule has 1 aromatic heterocycles. The average molecular weight is 307 g/mol. The van der Waals surface area contributed by atoms with E-state index in [1.165, 1.54) is 20.3 Å². The Hall–Kier alpha value is -3.03. The van der Waals surface area contributed by atoms with Crippen LogP contribution in [0.25, 0.3) is 0 Å². The van der Waals surface area contributed by atoms with Gasteiger partial charge in [0.05, 0.1) is 20.3 Å². The summed E-state index contributed by atoms with van der Waals surface area (Å²) in [4.78, 5) is 21.6. The van der Waals surface area contributed by atoms with Gasteiger partial charge >= 0.3 is 11.9 Å². The zero-order valence-electron chi connectivity index (χ0n) is 11.9. The number of benzene rings is 1. The molecule has 2 aromatic rings. The normalized spacial score (nSPS) is 10.1. The predicted octanol–water partition coefficient (Wildman–Crippen LogP) is 2.56. The first-order valence-electron chi connectivity index (χ1n) is 6.17. The van der Waals surface area contributed by atoms with Crippen molar-refractivity contribution in [2.45, 2.75) is 6.61 Å². The molecule has 8 heteroatoms. The minimum atomic E-state index is -0.807.